The van der Waals surface area contributed by atoms with Gasteiger partial charge >= 0.3 is 0 Å². The molecule has 0 spiro atoms. The van der Waals surface area contributed by atoms with E-state index in [1.165, 1.54) is 51.3 Å². The first-order chi connectivity index (χ1) is 15.2. The number of rotatable bonds is 2. The Hall–Kier alpha value is -2.18. The van der Waals surface area contributed by atoms with Crippen molar-refractivity contribution < 1.29 is 0 Å². The van der Waals surface area contributed by atoms with E-state index in [4.69, 9.17) is 0 Å². The fraction of sp³-hybridized carbons (Fsp3) is 0.0345. The molecular formula is C29H18I2. The fourth-order valence-corrected chi connectivity index (χ4v) is 6.54. The number of benzene rings is 5. The van der Waals surface area contributed by atoms with Gasteiger partial charge in [0.15, 0.2) is 0 Å². The molecule has 5 aromatic carbocycles. The number of hydrogen-bond acceptors (Lipinski definition) is 0. The van der Waals surface area contributed by atoms with Crippen molar-refractivity contribution in [2.75, 3.05) is 0 Å². The molecule has 0 bridgehead atoms. The first kappa shape index (κ1) is 19.5. The number of fused-ring (bicyclic) bond motifs is 5. The van der Waals surface area contributed by atoms with E-state index in [1.54, 1.807) is 0 Å². The lowest BCUT2D eigenvalue weighted by molar-refractivity contribution is 0.768. The molecule has 0 saturated heterocycles. The van der Waals surface area contributed by atoms with Crippen LogP contribution < -0.4 is 0 Å². The maximum atomic E-state index is 2.51. The van der Waals surface area contributed by atoms with Crippen LogP contribution in [0.2, 0.25) is 0 Å². The summed E-state index contributed by atoms with van der Waals surface area (Å²) in [6.07, 6.45) is 0. The van der Waals surface area contributed by atoms with Gasteiger partial charge in [-0.15, -0.1) is 0 Å². The van der Waals surface area contributed by atoms with Crippen molar-refractivity contribution in [3.63, 3.8) is 0 Å². The highest BCUT2D eigenvalue weighted by molar-refractivity contribution is 14.1. The van der Waals surface area contributed by atoms with Gasteiger partial charge in [0.05, 0.1) is 5.41 Å². The molecule has 2 heteroatoms. The summed E-state index contributed by atoms with van der Waals surface area (Å²) in [7, 11) is 0. The van der Waals surface area contributed by atoms with Gasteiger partial charge in [-0.1, -0.05) is 91.0 Å². The Morgan fingerprint density at radius 3 is 1.74 bits per heavy atom. The van der Waals surface area contributed by atoms with Crippen molar-refractivity contribution in [1.29, 1.82) is 0 Å². The molecule has 5 aromatic rings. The highest BCUT2D eigenvalue weighted by Gasteiger charge is 2.47. The lowest BCUT2D eigenvalue weighted by Crippen LogP contribution is -2.28. The van der Waals surface area contributed by atoms with E-state index in [0.717, 1.165) is 0 Å². The van der Waals surface area contributed by atoms with E-state index in [2.05, 4.69) is 154 Å². The van der Waals surface area contributed by atoms with Crippen LogP contribution in [0.5, 0.6) is 0 Å². The van der Waals surface area contributed by atoms with Gasteiger partial charge in [-0.2, -0.15) is 0 Å². The van der Waals surface area contributed by atoms with E-state index < -0.39 is 0 Å². The Bertz CT molecular complexity index is 1400. The molecule has 0 atom stereocenters. The standard InChI is InChI=1S/C29H18I2/c30-21-15-16-24-25(17-21)29(19-9-3-1-4-10-19,20-11-5-2-6-12-20)26-18-27(31)22-13-7-8-14-23(22)28(24)26/h1-18H. The molecule has 0 saturated carbocycles. The van der Waals surface area contributed by atoms with Gasteiger partial charge in [0.25, 0.3) is 0 Å². The van der Waals surface area contributed by atoms with Gasteiger partial charge in [0.2, 0.25) is 0 Å². The smallest absolute Gasteiger partial charge is 0.0622 e. The van der Waals surface area contributed by atoms with Crippen LogP contribution in [0.25, 0.3) is 21.9 Å². The Morgan fingerprint density at radius 2 is 1.10 bits per heavy atom. The van der Waals surface area contributed by atoms with Crippen LogP contribution in [-0.4, -0.2) is 0 Å². The second kappa shape index (κ2) is 7.45. The minimum atomic E-state index is -0.335. The van der Waals surface area contributed by atoms with Gasteiger partial charge < -0.3 is 0 Å². The van der Waals surface area contributed by atoms with Crippen LogP contribution in [0, 0.1) is 7.14 Å². The van der Waals surface area contributed by atoms with Gasteiger partial charge in [-0.25, -0.2) is 0 Å². The SMILES string of the molecule is Ic1ccc2c(c1)C(c1ccccc1)(c1ccccc1)c1cc(I)c3ccccc3c1-2. The van der Waals surface area contributed by atoms with Crippen molar-refractivity contribution in [3.8, 4) is 11.1 Å². The molecule has 0 amide bonds. The lowest BCUT2D eigenvalue weighted by atomic mass is 9.67. The summed E-state index contributed by atoms with van der Waals surface area (Å²) in [6.45, 7) is 0. The number of halogens is 2. The minimum absolute atomic E-state index is 0.335. The second-order valence-electron chi connectivity index (χ2n) is 8.00. The third kappa shape index (κ3) is 2.77. The van der Waals surface area contributed by atoms with Crippen molar-refractivity contribution in [1.82, 2.24) is 0 Å². The highest BCUT2D eigenvalue weighted by atomic mass is 127. The molecule has 31 heavy (non-hydrogen) atoms. The second-order valence-corrected chi connectivity index (χ2v) is 10.4. The summed E-state index contributed by atoms with van der Waals surface area (Å²) in [6, 6.07) is 40.2. The predicted octanol–water partition coefficient (Wildman–Crippen LogP) is 8.41. The molecule has 1 aliphatic carbocycles. The number of hydrogen-bond donors (Lipinski definition) is 0. The molecule has 0 N–H and O–H groups in total. The van der Waals surface area contributed by atoms with Crippen LogP contribution in [-0.2, 0) is 5.41 Å². The van der Waals surface area contributed by atoms with Crippen molar-refractivity contribution >= 4 is 56.0 Å². The molecule has 0 unspecified atom stereocenters. The van der Waals surface area contributed by atoms with Crippen LogP contribution in [0.1, 0.15) is 22.3 Å². The molecular weight excluding hydrogens is 602 g/mol. The summed E-state index contributed by atoms with van der Waals surface area (Å²) >= 11 is 4.96. The summed E-state index contributed by atoms with van der Waals surface area (Å²) in [5.41, 5.74) is 7.76. The Kier molecular flexibility index (Phi) is 4.69. The van der Waals surface area contributed by atoms with Gasteiger partial charge in [-0.05, 0) is 108 Å². The predicted molar refractivity (Wildman–Crippen MR) is 147 cm³/mol. The molecule has 0 fully saturated rings. The molecule has 0 aliphatic heterocycles. The minimum Gasteiger partial charge on any atom is -0.0622 e. The maximum Gasteiger partial charge on any atom is 0.0714 e. The van der Waals surface area contributed by atoms with E-state index in [9.17, 15) is 0 Å². The topological polar surface area (TPSA) is 0 Å². The zero-order valence-corrected chi connectivity index (χ0v) is 21.0. The summed E-state index contributed by atoms with van der Waals surface area (Å²) in [5.74, 6) is 0. The third-order valence-electron chi connectivity index (χ3n) is 6.47. The Labute approximate surface area is 209 Å². The largest absolute Gasteiger partial charge is 0.0714 e. The summed E-state index contributed by atoms with van der Waals surface area (Å²) in [4.78, 5) is 0. The fourth-order valence-electron chi connectivity index (χ4n) is 5.27. The monoisotopic (exact) mass is 620 g/mol. The van der Waals surface area contributed by atoms with Gasteiger partial charge in [-0.3, -0.25) is 0 Å². The molecule has 6 rings (SSSR count). The molecule has 0 nitrogen and oxygen atoms in total. The zero-order chi connectivity index (χ0) is 21.0. The van der Waals surface area contributed by atoms with Crippen molar-refractivity contribution in [2.45, 2.75) is 5.41 Å². The van der Waals surface area contributed by atoms with Gasteiger partial charge in [0.1, 0.15) is 0 Å². The third-order valence-corrected chi connectivity index (χ3v) is 8.03. The summed E-state index contributed by atoms with van der Waals surface area (Å²) < 4.78 is 2.56. The van der Waals surface area contributed by atoms with Crippen molar-refractivity contribution in [2.24, 2.45) is 0 Å². The highest BCUT2D eigenvalue weighted by Crippen LogP contribution is 2.58. The molecule has 0 aromatic heterocycles. The molecule has 1 aliphatic rings. The Balaban J connectivity index is 1.88. The normalized spacial score (nSPS) is 13.7. The Morgan fingerprint density at radius 1 is 0.516 bits per heavy atom. The van der Waals surface area contributed by atoms with Gasteiger partial charge in [0, 0.05) is 7.14 Å². The van der Waals surface area contributed by atoms with E-state index in [-0.39, 0.29) is 5.41 Å². The lowest BCUT2D eigenvalue weighted by Gasteiger charge is -2.34. The first-order valence-electron chi connectivity index (χ1n) is 10.3. The average molecular weight is 620 g/mol. The maximum absolute atomic E-state index is 2.51. The summed E-state index contributed by atoms with van der Waals surface area (Å²) in [5, 5.41) is 2.66. The van der Waals surface area contributed by atoms with Crippen LogP contribution in [0.3, 0.4) is 0 Å². The van der Waals surface area contributed by atoms with Crippen molar-refractivity contribution in [3.05, 3.63) is 139 Å². The first-order valence-corrected chi connectivity index (χ1v) is 12.5. The van der Waals surface area contributed by atoms with E-state index in [0.29, 0.717) is 0 Å². The molecule has 0 radical (unpaired) electrons. The molecule has 0 heterocycles. The van der Waals surface area contributed by atoms with E-state index >= 15 is 0 Å². The quantitative estimate of drug-likeness (QED) is 0.171. The van der Waals surface area contributed by atoms with E-state index in [1.807, 2.05) is 0 Å². The van der Waals surface area contributed by atoms with Crippen LogP contribution >= 0.6 is 45.2 Å². The molecule has 148 valence electrons. The average Bonchev–Trinajstić information content (AvgIpc) is 3.10. The van der Waals surface area contributed by atoms with Crippen LogP contribution in [0.4, 0.5) is 0 Å². The zero-order valence-electron chi connectivity index (χ0n) is 16.6. The van der Waals surface area contributed by atoms with Crippen LogP contribution in [0.15, 0.2) is 109 Å².